The molecule has 0 heterocycles. The van der Waals surface area contributed by atoms with Crippen LogP contribution in [0, 0.1) is 10.1 Å². The first-order valence-corrected chi connectivity index (χ1v) is 7.27. The zero-order valence-corrected chi connectivity index (χ0v) is 11.9. The largest absolute Gasteiger partial charge is 0.395 e. The molecule has 1 aromatic rings. The quantitative estimate of drug-likeness (QED) is 0.486. The molecule has 106 valence electrons. The third-order valence-corrected chi connectivity index (χ3v) is 4.21. The van der Waals surface area contributed by atoms with E-state index in [1.54, 1.807) is 0 Å². The molecule has 0 bridgehead atoms. The third-order valence-electron chi connectivity index (χ3n) is 2.17. The second-order valence-electron chi connectivity index (χ2n) is 3.55. The highest BCUT2D eigenvalue weighted by atomic mass is 79.9. The standard InChI is InChI=1S/C9H11BrN2O6S/c10-6-1-2-8(12(15)16)9(3-6)19(17,18)11-7(4-13)5-14/h1-3,7,11,13-14H,4-5H2. The number of nitro benzene ring substituents is 1. The highest BCUT2D eigenvalue weighted by Gasteiger charge is 2.28. The molecular formula is C9H11BrN2O6S. The summed E-state index contributed by atoms with van der Waals surface area (Å²) in [6.07, 6.45) is 0. The van der Waals surface area contributed by atoms with Crippen LogP contribution in [0.25, 0.3) is 0 Å². The van der Waals surface area contributed by atoms with Crippen LogP contribution in [0.5, 0.6) is 0 Å². The molecule has 0 unspecified atom stereocenters. The fourth-order valence-corrected chi connectivity index (χ4v) is 3.20. The zero-order chi connectivity index (χ0) is 14.6. The van der Waals surface area contributed by atoms with E-state index >= 15 is 0 Å². The molecule has 0 aliphatic carbocycles. The van der Waals surface area contributed by atoms with Gasteiger partial charge < -0.3 is 10.2 Å². The Labute approximate surface area is 117 Å². The molecule has 0 atom stereocenters. The lowest BCUT2D eigenvalue weighted by Gasteiger charge is -2.13. The lowest BCUT2D eigenvalue weighted by Crippen LogP contribution is -2.40. The molecule has 0 radical (unpaired) electrons. The lowest BCUT2D eigenvalue weighted by atomic mass is 10.3. The Morgan fingerprint density at radius 1 is 1.37 bits per heavy atom. The number of aliphatic hydroxyl groups excluding tert-OH is 2. The highest BCUT2D eigenvalue weighted by Crippen LogP contribution is 2.27. The van der Waals surface area contributed by atoms with E-state index in [4.69, 9.17) is 10.2 Å². The van der Waals surface area contributed by atoms with Crippen molar-refractivity contribution in [2.24, 2.45) is 0 Å². The summed E-state index contributed by atoms with van der Waals surface area (Å²) in [5.41, 5.74) is -0.592. The Morgan fingerprint density at radius 2 is 1.95 bits per heavy atom. The summed E-state index contributed by atoms with van der Waals surface area (Å²) in [5.74, 6) is 0. The van der Waals surface area contributed by atoms with Crippen LogP contribution in [-0.4, -0.2) is 42.8 Å². The summed E-state index contributed by atoms with van der Waals surface area (Å²) in [7, 11) is -4.22. The summed E-state index contributed by atoms with van der Waals surface area (Å²) >= 11 is 3.02. The van der Waals surface area contributed by atoms with Crippen molar-refractivity contribution in [1.29, 1.82) is 0 Å². The summed E-state index contributed by atoms with van der Waals surface area (Å²) < 4.78 is 26.3. The second-order valence-corrected chi connectivity index (χ2v) is 6.15. The normalized spacial score (nSPS) is 11.8. The number of hydrogen-bond acceptors (Lipinski definition) is 6. The van der Waals surface area contributed by atoms with Crippen molar-refractivity contribution in [3.63, 3.8) is 0 Å². The summed E-state index contributed by atoms with van der Waals surface area (Å²) in [4.78, 5) is 9.44. The highest BCUT2D eigenvalue weighted by molar-refractivity contribution is 9.10. The van der Waals surface area contributed by atoms with E-state index in [0.29, 0.717) is 4.47 Å². The van der Waals surface area contributed by atoms with Gasteiger partial charge in [-0.15, -0.1) is 0 Å². The van der Waals surface area contributed by atoms with E-state index in [1.165, 1.54) is 6.07 Å². The van der Waals surface area contributed by atoms with Gasteiger partial charge in [0, 0.05) is 10.5 Å². The van der Waals surface area contributed by atoms with Gasteiger partial charge in [-0.05, 0) is 12.1 Å². The van der Waals surface area contributed by atoms with Crippen LogP contribution < -0.4 is 4.72 Å². The maximum atomic E-state index is 12.0. The van der Waals surface area contributed by atoms with E-state index in [1.807, 2.05) is 4.72 Å². The van der Waals surface area contributed by atoms with Crippen LogP contribution >= 0.6 is 15.9 Å². The van der Waals surface area contributed by atoms with Gasteiger partial charge >= 0.3 is 0 Å². The third kappa shape index (κ3) is 3.94. The number of halogens is 1. The maximum absolute atomic E-state index is 12.0. The van der Waals surface area contributed by atoms with Crippen molar-refractivity contribution < 1.29 is 23.6 Å². The Balaban J connectivity index is 3.27. The number of rotatable bonds is 6. The first kappa shape index (κ1) is 16.0. The number of hydrogen-bond donors (Lipinski definition) is 3. The van der Waals surface area contributed by atoms with Gasteiger partial charge in [-0.25, -0.2) is 13.1 Å². The van der Waals surface area contributed by atoms with Gasteiger partial charge in [0.15, 0.2) is 4.90 Å². The monoisotopic (exact) mass is 354 g/mol. The average Bonchev–Trinajstić information content (AvgIpc) is 2.35. The Kier molecular flexibility index (Phi) is 5.38. The Hall–Kier alpha value is -1.07. The molecular weight excluding hydrogens is 344 g/mol. The molecule has 0 amide bonds. The molecule has 0 aromatic heterocycles. The van der Waals surface area contributed by atoms with Gasteiger partial charge in [-0.1, -0.05) is 15.9 Å². The molecule has 1 aromatic carbocycles. The van der Waals surface area contributed by atoms with Crippen molar-refractivity contribution in [3.05, 3.63) is 32.8 Å². The van der Waals surface area contributed by atoms with Gasteiger partial charge in [0.05, 0.1) is 24.2 Å². The summed E-state index contributed by atoms with van der Waals surface area (Å²) in [6.45, 7) is -1.25. The molecule has 3 N–H and O–H groups in total. The van der Waals surface area contributed by atoms with E-state index < -0.39 is 44.8 Å². The maximum Gasteiger partial charge on any atom is 0.289 e. The van der Waals surface area contributed by atoms with E-state index in [2.05, 4.69) is 15.9 Å². The SMILES string of the molecule is O=[N+]([O-])c1ccc(Br)cc1S(=O)(=O)NC(CO)CO. The minimum atomic E-state index is -4.22. The number of aliphatic hydroxyl groups is 2. The number of nitrogens with zero attached hydrogens (tertiary/aromatic N) is 1. The topological polar surface area (TPSA) is 130 Å². The number of benzene rings is 1. The van der Waals surface area contributed by atoms with Crippen molar-refractivity contribution in [3.8, 4) is 0 Å². The van der Waals surface area contributed by atoms with Crippen molar-refractivity contribution >= 4 is 31.6 Å². The van der Waals surface area contributed by atoms with Gasteiger partial charge in [0.1, 0.15) is 0 Å². The average molecular weight is 355 g/mol. The van der Waals surface area contributed by atoms with E-state index in [-0.39, 0.29) is 0 Å². The predicted octanol–water partition coefficient (Wildman–Crippen LogP) is -0.0112. The van der Waals surface area contributed by atoms with Crippen LogP contribution in [0.3, 0.4) is 0 Å². The van der Waals surface area contributed by atoms with E-state index in [9.17, 15) is 18.5 Å². The van der Waals surface area contributed by atoms with Crippen molar-refractivity contribution in [2.45, 2.75) is 10.9 Å². The van der Waals surface area contributed by atoms with Gasteiger partial charge in [-0.2, -0.15) is 0 Å². The van der Waals surface area contributed by atoms with Crippen LogP contribution in [-0.2, 0) is 10.0 Å². The zero-order valence-electron chi connectivity index (χ0n) is 9.48. The fraction of sp³-hybridized carbons (Fsp3) is 0.333. The Morgan fingerprint density at radius 3 is 2.42 bits per heavy atom. The molecule has 0 fully saturated rings. The molecule has 19 heavy (non-hydrogen) atoms. The van der Waals surface area contributed by atoms with Gasteiger partial charge in [-0.3, -0.25) is 10.1 Å². The van der Waals surface area contributed by atoms with Crippen LogP contribution in [0.2, 0.25) is 0 Å². The predicted molar refractivity (Wildman–Crippen MR) is 69.1 cm³/mol. The first-order valence-electron chi connectivity index (χ1n) is 4.99. The molecule has 0 aliphatic heterocycles. The second kappa shape index (κ2) is 6.39. The van der Waals surface area contributed by atoms with Gasteiger partial charge in [0.2, 0.25) is 10.0 Å². The molecule has 0 spiro atoms. The lowest BCUT2D eigenvalue weighted by molar-refractivity contribution is -0.387. The smallest absolute Gasteiger partial charge is 0.289 e. The summed E-state index contributed by atoms with van der Waals surface area (Å²) in [5, 5.41) is 28.5. The molecule has 8 nitrogen and oxygen atoms in total. The number of sulfonamides is 1. The number of nitrogens with one attached hydrogen (secondary N) is 1. The molecule has 0 saturated carbocycles. The molecule has 0 saturated heterocycles. The van der Waals surface area contributed by atoms with E-state index in [0.717, 1.165) is 12.1 Å². The van der Waals surface area contributed by atoms with Gasteiger partial charge in [0.25, 0.3) is 5.69 Å². The first-order chi connectivity index (χ1) is 8.81. The summed E-state index contributed by atoms with van der Waals surface area (Å²) in [6, 6.07) is 2.34. The minimum Gasteiger partial charge on any atom is -0.395 e. The molecule has 0 aliphatic rings. The number of nitro groups is 1. The van der Waals surface area contributed by atoms with Crippen molar-refractivity contribution in [2.75, 3.05) is 13.2 Å². The molecule has 1 rings (SSSR count). The Bertz CT molecular complexity index is 572. The molecule has 10 heteroatoms. The van der Waals surface area contributed by atoms with Crippen LogP contribution in [0.4, 0.5) is 5.69 Å². The van der Waals surface area contributed by atoms with Crippen LogP contribution in [0.15, 0.2) is 27.6 Å². The minimum absolute atomic E-state index is 0.350. The van der Waals surface area contributed by atoms with Crippen LogP contribution in [0.1, 0.15) is 0 Å². The fourth-order valence-electron chi connectivity index (χ4n) is 1.27. The van der Waals surface area contributed by atoms with Crippen molar-refractivity contribution in [1.82, 2.24) is 4.72 Å².